The Morgan fingerprint density at radius 3 is 2.49 bits per heavy atom. The van der Waals surface area contributed by atoms with Gasteiger partial charge in [0.05, 0.1) is 43.8 Å². The van der Waals surface area contributed by atoms with E-state index in [1.165, 1.54) is 61.7 Å². The lowest BCUT2D eigenvalue weighted by molar-refractivity contribution is -0.140. The molecule has 0 radical (unpaired) electrons. The van der Waals surface area contributed by atoms with Gasteiger partial charge in [-0.05, 0) is 100 Å². The van der Waals surface area contributed by atoms with Gasteiger partial charge in [-0.2, -0.15) is 13.2 Å². The Bertz CT molecular complexity index is 1460. The number of benzene rings is 2. The zero-order chi connectivity index (χ0) is 31.7. The van der Waals surface area contributed by atoms with Gasteiger partial charge in [0, 0.05) is 27.4 Å². The first-order chi connectivity index (χ1) is 21.8. The van der Waals surface area contributed by atoms with E-state index in [9.17, 15) is 13.2 Å². The van der Waals surface area contributed by atoms with Gasteiger partial charge in [0.25, 0.3) is 0 Å². The van der Waals surface area contributed by atoms with E-state index in [1.54, 1.807) is 25.3 Å². The summed E-state index contributed by atoms with van der Waals surface area (Å²) in [6, 6.07) is 13.3. The molecule has 11 heteroatoms. The average Bonchev–Trinajstić information content (AvgIpc) is 3.37. The molecule has 1 aliphatic carbocycles. The molecule has 0 amide bonds. The van der Waals surface area contributed by atoms with Gasteiger partial charge in [-0.3, -0.25) is 4.72 Å². The quantitative estimate of drug-likeness (QED) is 0.155. The summed E-state index contributed by atoms with van der Waals surface area (Å²) in [5, 5.41) is 10.9. The van der Waals surface area contributed by atoms with E-state index >= 15 is 0 Å². The number of nitrogens with zero attached hydrogens (tertiary/aromatic N) is 1. The number of ether oxygens (including phenoxy) is 2. The molecule has 6 rings (SSSR count). The van der Waals surface area contributed by atoms with E-state index in [2.05, 4.69) is 32.5 Å². The molecule has 2 aliphatic heterocycles. The summed E-state index contributed by atoms with van der Waals surface area (Å²) in [7, 11) is 3.43. The SMILES string of the molecule is C1CC2(CCN1)COC2.CNSc1ccc(NCC#Cc2cc3c(NC4CCCCC4)cccc3n2CC(F)(F)F)c(OC)c1. The van der Waals surface area contributed by atoms with Gasteiger partial charge in [-0.1, -0.05) is 31.2 Å². The third kappa shape index (κ3) is 9.03. The zero-order valence-electron chi connectivity index (χ0n) is 26.1. The molecule has 7 nitrogen and oxygen atoms in total. The highest BCUT2D eigenvalue weighted by Crippen LogP contribution is 2.36. The number of methoxy groups -OCH3 is 1. The Kier molecular flexibility index (Phi) is 11.5. The Labute approximate surface area is 268 Å². The second-order valence-corrected chi connectivity index (χ2v) is 13.1. The monoisotopic (exact) mass is 643 g/mol. The molecule has 45 heavy (non-hydrogen) atoms. The molecule has 2 aromatic carbocycles. The summed E-state index contributed by atoms with van der Waals surface area (Å²) in [5.41, 5.74) is 3.12. The second kappa shape index (κ2) is 15.5. The Balaban J connectivity index is 0.000000377. The molecule has 1 spiro atoms. The highest BCUT2D eigenvalue weighted by atomic mass is 32.2. The lowest BCUT2D eigenvalue weighted by Crippen LogP contribution is -2.49. The van der Waals surface area contributed by atoms with Crippen LogP contribution in [0.5, 0.6) is 5.75 Å². The summed E-state index contributed by atoms with van der Waals surface area (Å²) >= 11 is 1.47. The summed E-state index contributed by atoms with van der Waals surface area (Å²) < 4.78 is 55.3. The first-order valence-corrected chi connectivity index (χ1v) is 16.6. The van der Waals surface area contributed by atoms with Crippen molar-refractivity contribution in [3.05, 3.63) is 48.2 Å². The number of rotatable bonds is 8. The molecule has 3 heterocycles. The average molecular weight is 644 g/mol. The second-order valence-electron chi connectivity index (χ2n) is 12.0. The van der Waals surface area contributed by atoms with Crippen molar-refractivity contribution in [2.45, 2.75) is 68.6 Å². The molecule has 0 unspecified atom stereocenters. The molecule has 1 aromatic heterocycles. The van der Waals surface area contributed by atoms with Gasteiger partial charge in [0.1, 0.15) is 12.3 Å². The van der Waals surface area contributed by atoms with Crippen LogP contribution in [0.15, 0.2) is 47.4 Å². The smallest absolute Gasteiger partial charge is 0.406 e. The molecule has 4 N–H and O–H groups in total. The van der Waals surface area contributed by atoms with E-state index in [1.807, 2.05) is 31.3 Å². The summed E-state index contributed by atoms with van der Waals surface area (Å²) in [6.45, 7) is 3.62. The van der Waals surface area contributed by atoms with E-state index in [0.29, 0.717) is 28.4 Å². The normalized spacial score (nSPS) is 17.9. The van der Waals surface area contributed by atoms with E-state index in [-0.39, 0.29) is 6.54 Å². The van der Waals surface area contributed by atoms with Crippen LogP contribution in [0, 0.1) is 17.3 Å². The number of aromatic nitrogens is 1. The van der Waals surface area contributed by atoms with Crippen molar-refractivity contribution in [1.82, 2.24) is 14.6 Å². The van der Waals surface area contributed by atoms with Crippen LogP contribution in [-0.2, 0) is 11.3 Å². The fourth-order valence-corrected chi connectivity index (χ4v) is 6.78. The first kappa shape index (κ1) is 33.3. The molecule has 1 saturated carbocycles. The molecule has 3 aromatic rings. The number of hydrogen-bond donors (Lipinski definition) is 4. The summed E-state index contributed by atoms with van der Waals surface area (Å²) in [5.74, 6) is 6.62. The Morgan fingerprint density at radius 1 is 1.07 bits per heavy atom. The van der Waals surface area contributed by atoms with Crippen molar-refractivity contribution in [2.24, 2.45) is 5.41 Å². The van der Waals surface area contributed by atoms with Crippen LogP contribution >= 0.6 is 11.9 Å². The molecule has 0 atom stereocenters. The minimum absolute atomic E-state index is 0.260. The largest absolute Gasteiger partial charge is 0.495 e. The van der Waals surface area contributed by atoms with Crippen molar-refractivity contribution in [2.75, 3.05) is 57.6 Å². The number of hydrogen-bond acceptors (Lipinski definition) is 7. The fourth-order valence-electron chi connectivity index (χ4n) is 6.24. The minimum atomic E-state index is -4.35. The maximum absolute atomic E-state index is 13.5. The van der Waals surface area contributed by atoms with Gasteiger partial charge in [0.2, 0.25) is 0 Å². The number of fused-ring (bicyclic) bond motifs is 1. The molecular formula is C34H44F3N5O2S. The predicted octanol–water partition coefficient (Wildman–Crippen LogP) is 7.03. The Morgan fingerprint density at radius 2 is 1.84 bits per heavy atom. The van der Waals surface area contributed by atoms with Crippen molar-refractivity contribution in [3.8, 4) is 17.6 Å². The molecular weight excluding hydrogens is 599 g/mol. The third-order valence-electron chi connectivity index (χ3n) is 8.71. The lowest BCUT2D eigenvalue weighted by Gasteiger charge is -2.44. The molecule has 244 valence electrons. The van der Waals surface area contributed by atoms with Crippen molar-refractivity contribution >= 4 is 34.2 Å². The van der Waals surface area contributed by atoms with Crippen LogP contribution in [0.4, 0.5) is 24.5 Å². The van der Waals surface area contributed by atoms with Crippen molar-refractivity contribution in [1.29, 1.82) is 0 Å². The topological polar surface area (TPSA) is 71.5 Å². The van der Waals surface area contributed by atoms with Gasteiger partial charge in [0.15, 0.2) is 0 Å². The van der Waals surface area contributed by atoms with Crippen LogP contribution in [0.2, 0.25) is 0 Å². The maximum Gasteiger partial charge on any atom is 0.406 e. The third-order valence-corrected chi connectivity index (χ3v) is 9.40. The summed E-state index contributed by atoms with van der Waals surface area (Å²) in [6.07, 6.45) is 4.05. The van der Waals surface area contributed by atoms with Gasteiger partial charge < -0.3 is 30.0 Å². The zero-order valence-corrected chi connectivity index (χ0v) is 26.9. The number of halogens is 3. The van der Waals surface area contributed by atoms with Gasteiger partial charge >= 0.3 is 6.18 Å². The van der Waals surface area contributed by atoms with E-state index in [4.69, 9.17) is 9.47 Å². The first-order valence-electron chi connectivity index (χ1n) is 15.8. The van der Waals surface area contributed by atoms with E-state index in [0.717, 1.165) is 47.7 Å². The predicted molar refractivity (Wildman–Crippen MR) is 177 cm³/mol. The van der Waals surface area contributed by atoms with Crippen LogP contribution in [0.25, 0.3) is 10.9 Å². The Hall–Kier alpha value is -3.04. The van der Waals surface area contributed by atoms with Crippen LogP contribution in [0.3, 0.4) is 0 Å². The van der Waals surface area contributed by atoms with Crippen LogP contribution in [-0.4, -0.2) is 63.8 Å². The van der Waals surface area contributed by atoms with Crippen LogP contribution in [0.1, 0.15) is 50.6 Å². The number of nitrogens with one attached hydrogen (secondary N) is 4. The lowest BCUT2D eigenvalue weighted by atomic mass is 9.77. The molecule has 2 saturated heterocycles. The van der Waals surface area contributed by atoms with Gasteiger partial charge in [-0.25, -0.2) is 0 Å². The standard InChI is InChI=1S/C27H31F3N4OS.C7H13NO/c1-31-36-21-13-14-24(26(17-21)35-2)32-15-7-10-20-16-22-23(33-19-8-4-3-5-9-19)11-6-12-25(22)34(20)18-27(28,29)30;1-3-8-4-2-7(1)5-9-6-7/h6,11-14,16-17,19,31-33H,3-5,8-9,15,18H2,1-2H3;8H,1-6H2. The molecule has 0 bridgehead atoms. The molecule has 3 aliphatic rings. The van der Waals surface area contributed by atoms with Crippen molar-refractivity contribution < 1.29 is 22.6 Å². The minimum Gasteiger partial charge on any atom is -0.495 e. The van der Waals surface area contributed by atoms with Crippen molar-refractivity contribution in [3.63, 3.8) is 0 Å². The number of alkyl halides is 3. The van der Waals surface area contributed by atoms with Crippen LogP contribution < -0.4 is 25.4 Å². The highest BCUT2D eigenvalue weighted by molar-refractivity contribution is 7.97. The maximum atomic E-state index is 13.5. The molecule has 3 fully saturated rings. The van der Waals surface area contributed by atoms with E-state index < -0.39 is 12.7 Å². The fraction of sp³-hybridized carbons (Fsp3) is 0.529. The highest BCUT2D eigenvalue weighted by Gasteiger charge is 2.39. The number of anilines is 2. The summed E-state index contributed by atoms with van der Waals surface area (Å²) in [4.78, 5) is 1.00. The van der Waals surface area contributed by atoms with Gasteiger partial charge in [-0.15, -0.1) is 0 Å². The number of piperidine rings is 1.